The van der Waals surface area contributed by atoms with Crippen molar-refractivity contribution in [2.45, 2.75) is 38.5 Å². The highest BCUT2D eigenvalue weighted by atomic mass is 16.5. The lowest BCUT2D eigenvalue weighted by Crippen LogP contribution is -2.42. The number of amides is 1. The molecule has 0 aromatic heterocycles. The van der Waals surface area contributed by atoms with E-state index >= 15 is 0 Å². The molecule has 2 N–H and O–H groups in total. The van der Waals surface area contributed by atoms with E-state index in [0.717, 1.165) is 25.1 Å². The highest BCUT2D eigenvalue weighted by molar-refractivity contribution is 5.78. The van der Waals surface area contributed by atoms with Crippen LogP contribution in [0, 0.1) is 18.8 Å². The van der Waals surface area contributed by atoms with Crippen molar-refractivity contribution in [3.05, 3.63) is 59.7 Å². The number of carbonyl (C=O) groups is 1. The summed E-state index contributed by atoms with van der Waals surface area (Å²) in [6, 6.07) is 15.6. The number of likely N-dealkylation sites (tertiary alicyclic amines) is 1. The zero-order chi connectivity index (χ0) is 21.8. The molecule has 1 aliphatic heterocycles. The maximum Gasteiger partial charge on any atom is 0.234 e. The summed E-state index contributed by atoms with van der Waals surface area (Å²) >= 11 is 0. The third-order valence-corrected chi connectivity index (χ3v) is 6.61. The van der Waals surface area contributed by atoms with E-state index in [-0.39, 0.29) is 12.0 Å². The van der Waals surface area contributed by atoms with Gasteiger partial charge in [-0.25, -0.2) is 0 Å². The van der Waals surface area contributed by atoms with Gasteiger partial charge in [0.1, 0.15) is 6.10 Å². The van der Waals surface area contributed by atoms with Crippen molar-refractivity contribution < 1.29 is 19.4 Å². The smallest absolute Gasteiger partial charge is 0.234 e. The van der Waals surface area contributed by atoms with Crippen LogP contribution in [-0.2, 0) is 11.3 Å². The van der Waals surface area contributed by atoms with Gasteiger partial charge in [0.05, 0.1) is 19.8 Å². The molecule has 2 aliphatic rings. The van der Waals surface area contributed by atoms with Crippen molar-refractivity contribution in [3.63, 3.8) is 0 Å². The van der Waals surface area contributed by atoms with Crippen LogP contribution < -0.4 is 14.8 Å². The number of ether oxygens (including phenoxy) is 2. The number of benzene rings is 2. The second-order valence-electron chi connectivity index (χ2n) is 8.76. The van der Waals surface area contributed by atoms with Gasteiger partial charge in [-0.1, -0.05) is 36.4 Å². The largest absolute Gasteiger partial charge is 0.493 e. The van der Waals surface area contributed by atoms with Crippen LogP contribution in [0.25, 0.3) is 0 Å². The summed E-state index contributed by atoms with van der Waals surface area (Å²) in [4.78, 5) is 14.7. The van der Waals surface area contributed by atoms with Gasteiger partial charge in [-0.3, -0.25) is 9.69 Å². The van der Waals surface area contributed by atoms with E-state index in [0.29, 0.717) is 42.8 Å². The van der Waals surface area contributed by atoms with E-state index in [9.17, 15) is 9.90 Å². The number of fused-ring (bicyclic) bond motifs is 1. The first-order valence-electron chi connectivity index (χ1n) is 11.0. The standard InChI is InChI=1S/C25H32N2O4/c1-17-7-3-4-8-18(17)13-26-25(29)16-27-14-19-11-21(28)24(12-20(19)15-27)31-23-10-6-5-9-22(23)30-2/h3-10,19-21,24,28H,11-16H2,1-2H3,(H,26,29)/t19-,20+,21+,24+/m0/s1. The molecule has 2 fully saturated rings. The summed E-state index contributed by atoms with van der Waals surface area (Å²) in [5.41, 5.74) is 2.33. The van der Waals surface area contributed by atoms with E-state index in [1.54, 1.807) is 7.11 Å². The molecular weight excluding hydrogens is 392 g/mol. The van der Waals surface area contributed by atoms with Crippen LogP contribution >= 0.6 is 0 Å². The first-order chi connectivity index (χ1) is 15.0. The summed E-state index contributed by atoms with van der Waals surface area (Å²) in [7, 11) is 1.62. The predicted molar refractivity (Wildman–Crippen MR) is 119 cm³/mol. The Kier molecular flexibility index (Phi) is 6.78. The summed E-state index contributed by atoms with van der Waals surface area (Å²) in [5, 5.41) is 13.7. The van der Waals surface area contributed by atoms with Crippen LogP contribution in [-0.4, -0.2) is 54.9 Å². The van der Waals surface area contributed by atoms with Crippen molar-refractivity contribution in [2.24, 2.45) is 11.8 Å². The molecule has 1 amide bonds. The Morgan fingerprint density at radius 2 is 1.74 bits per heavy atom. The molecule has 1 saturated carbocycles. The van der Waals surface area contributed by atoms with Crippen LogP contribution in [0.5, 0.6) is 11.5 Å². The number of nitrogens with zero attached hydrogens (tertiary/aromatic N) is 1. The maximum absolute atomic E-state index is 12.5. The molecule has 4 rings (SSSR count). The summed E-state index contributed by atoms with van der Waals surface area (Å²) in [5.74, 6) is 2.21. The molecular formula is C25H32N2O4. The van der Waals surface area contributed by atoms with Crippen LogP contribution in [0.3, 0.4) is 0 Å². The van der Waals surface area contributed by atoms with Crippen molar-refractivity contribution >= 4 is 5.91 Å². The van der Waals surface area contributed by atoms with E-state index in [4.69, 9.17) is 9.47 Å². The minimum atomic E-state index is -0.513. The van der Waals surface area contributed by atoms with Gasteiger partial charge in [0.2, 0.25) is 5.91 Å². The zero-order valence-corrected chi connectivity index (χ0v) is 18.3. The molecule has 6 heteroatoms. The van der Waals surface area contributed by atoms with Crippen molar-refractivity contribution in [1.29, 1.82) is 0 Å². The molecule has 2 aromatic rings. The SMILES string of the molecule is COc1ccccc1O[C@@H]1C[C@@H]2CN(CC(=O)NCc3ccccc3C)C[C@@H]2C[C@H]1O. The second-order valence-corrected chi connectivity index (χ2v) is 8.76. The molecule has 4 atom stereocenters. The van der Waals surface area contributed by atoms with E-state index in [1.807, 2.05) is 42.5 Å². The Hall–Kier alpha value is -2.57. The fourth-order valence-corrected chi connectivity index (χ4v) is 4.88. The molecule has 0 spiro atoms. The molecule has 1 aliphatic carbocycles. The Bertz CT molecular complexity index is 903. The summed E-state index contributed by atoms with van der Waals surface area (Å²) in [6.45, 7) is 4.72. The first kappa shape index (κ1) is 21.7. The van der Waals surface area contributed by atoms with Gasteiger partial charge in [-0.2, -0.15) is 0 Å². The Morgan fingerprint density at radius 1 is 1.06 bits per heavy atom. The zero-order valence-electron chi connectivity index (χ0n) is 18.3. The molecule has 6 nitrogen and oxygen atoms in total. The lowest BCUT2D eigenvalue weighted by atomic mass is 9.78. The predicted octanol–water partition coefficient (Wildman–Crippen LogP) is 2.77. The van der Waals surface area contributed by atoms with Crippen LogP contribution in [0.4, 0.5) is 0 Å². The van der Waals surface area contributed by atoms with Crippen LogP contribution in [0.15, 0.2) is 48.5 Å². The second kappa shape index (κ2) is 9.71. The van der Waals surface area contributed by atoms with Gasteiger partial charge in [0, 0.05) is 19.6 Å². The number of aliphatic hydroxyl groups excluding tert-OH is 1. The quantitative estimate of drug-likeness (QED) is 0.715. The first-order valence-corrected chi connectivity index (χ1v) is 11.0. The lowest BCUT2D eigenvalue weighted by Gasteiger charge is -2.35. The number of methoxy groups -OCH3 is 1. The number of aryl methyl sites for hydroxylation is 1. The molecule has 2 aromatic carbocycles. The number of aliphatic hydroxyl groups is 1. The molecule has 1 saturated heterocycles. The topological polar surface area (TPSA) is 71.0 Å². The van der Waals surface area contributed by atoms with Gasteiger partial charge < -0.3 is 19.9 Å². The van der Waals surface area contributed by atoms with Gasteiger partial charge in [-0.05, 0) is 54.9 Å². The van der Waals surface area contributed by atoms with Gasteiger partial charge in [-0.15, -0.1) is 0 Å². The third kappa shape index (κ3) is 5.20. The molecule has 1 heterocycles. The minimum absolute atomic E-state index is 0.0456. The average molecular weight is 425 g/mol. The number of hydrogen-bond acceptors (Lipinski definition) is 5. The van der Waals surface area contributed by atoms with Gasteiger partial charge in [0.25, 0.3) is 0 Å². The number of carbonyl (C=O) groups excluding carboxylic acids is 1. The molecule has 31 heavy (non-hydrogen) atoms. The highest BCUT2D eigenvalue weighted by Crippen LogP contribution is 2.39. The van der Waals surface area contributed by atoms with E-state index < -0.39 is 6.10 Å². The minimum Gasteiger partial charge on any atom is -0.493 e. The van der Waals surface area contributed by atoms with E-state index in [2.05, 4.69) is 23.2 Å². The maximum atomic E-state index is 12.5. The summed E-state index contributed by atoms with van der Waals surface area (Å²) in [6.07, 6.45) is 0.713. The Balaban J connectivity index is 1.29. The molecule has 166 valence electrons. The van der Waals surface area contributed by atoms with Gasteiger partial charge >= 0.3 is 0 Å². The van der Waals surface area contributed by atoms with Crippen LogP contribution in [0.1, 0.15) is 24.0 Å². The third-order valence-electron chi connectivity index (χ3n) is 6.61. The Morgan fingerprint density at radius 3 is 2.48 bits per heavy atom. The van der Waals surface area contributed by atoms with E-state index in [1.165, 1.54) is 5.56 Å². The Labute approximate surface area is 184 Å². The van der Waals surface area contributed by atoms with Crippen LogP contribution in [0.2, 0.25) is 0 Å². The summed E-state index contributed by atoms with van der Waals surface area (Å²) < 4.78 is 11.5. The van der Waals surface area contributed by atoms with Crippen molar-refractivity contribution in [2.75, 3.05) is 26.7 Å². The monoisotopic (exact) mass is 424 g/mol. The highest BCUT2D eigenvalue weighted by Gasteiger charge is 2.43. The molecule has 0 radical (unpaired) electrons. The number of nitrogens with one attached hydrogen (secondary N) is 1. The molecule has 0 bridgehead atoms. The van der Waals surface area contributed by atoms with Crippen molar-refractivity contribution in [3.8, 4) is 11.5 Å². The normalized spacial score (nSPS) is 25.6. The molecule has 0 unspecified atom stereocenters. The van der Waals surface area contributed by atoms with Gasteiger partial charge in [0.15, 0.2) is 11.5 Å². The fraction of sp³-hybridized carbons (Fsp3) is 0.480. The lowest BCUT2D eigenvalue weighted by molar-refractivity contribution is -0.122. The number of rotatable bonds is 7. The number of hydrogen-bond donors (Lipinski definition) is 2. The average Bonchev–Trinajstić information content (AvgIpc) is 3.14. The fourth-order valence-electron chi connectivity index (χ4n) is 4.88. The number of para-hydroxylation sites is 2. The van der Waals surface area contributed by atoms with Crippen molar-refractivity contribution in [1.82, 2.24) is 10.2 Å².